The summed E-state index contributed by atoms with van der Waals surface area (Å²) in [6.45, 7) is 2.14. The second kappa shape index (κ2) is 2.60. The van der Waals surface area contributed by atoms with Gasteiger partial charge < -0.3 is 5.11 Å². The van der Waals surface area contributed by atoms with Crippen LogP contribution in [0.15, 0.2) is 18.2 Å². The van der Waals surface area contributed by atoms with Gasteiger partial charge in [0, 0.05) is 5.41 Å². The van der Waals surface area contributed by atoms with Crippen molar-refractivity contribution in [3.8, 4) is 0 Å². The van der Waals surface area contributed by atoms with Crippen molar-refractivity contribution in [1.82, 2.24) is 0 Å². The molecule has 0 aliphatic heterocycles. The van der Waals surface area contributed by atoms with Crippen LogP contribution < -0.4 is 0 Å². The first-order valence-corrected chi connectivity index (χ1v) is 5.50. The van der Waals surface area contributed by atoms with Crippen LogP contribution in [0.4, 0.5) is 0 Å². The summed E-state index contributed by atoms with van der Waals surface area (Å²) in [5.41, 5.74) is 4.42. The van der Waals surface area contributed by atoms with Gasteiger partial charge in [0.15, 0.2) is 0 Å². The topological polar surface area (TPSA) is 20.2 Å². The fraction of sp³-hybridized carbons (Fsp3) is 0.538. The molecule has 14 heavy (non-hydrogen) atoms. The summed E-state index contributed by atoms with van der Waals surface area (Å²) in [6, 6.07) is 6.71. The molecule has 1 aromatic carbocycles. The molecule has 1 heteroatoms. The van der Waals surface area contributed by atoms with Crippen LogP contribution in [0.25, 0.3) is 0 Å². The van der Waals surface area contributed by atoms with Crippen molar-refractivity contribution in [2.45, 2.75) is 44.1 Å². The number of aliphatic hydroxyl groups excluding tert-OH is 1. The Morgan fingerprint density at radius 3 is 2.86 bits per heavy atom. The Morgan fingerprint density at radius 1 is 1.36 bits per heavy atom. The number of hydrogen-bond donors (Lipinski definition) is 1. The van der Waals surface area contributed by atoms with E-state index in [0.717, 1.165) is 12.8 Å². The maximum Gasteiger partial charge on any atom is 0.0640 e. The minimum Gasteiger partial charge on any atom is -0.392 e. The van der Waals surface area contributed by atoms with Gasteiger partial charge in [0.2, 0.25) is 0 Å². The average Bonchev–Trinajstić information content (AvgIpc) is 2.94. The highest BCUT2D eigenvalue weighted by Crippen LogP contribution is 2.55. The van der Waals surface area contributed by atoms with Crippen LogP contribution >= 0.6 is 0 Å². The Bertz CT molecular complexity index is 377. The second-order valence-corrected chi connectivity index (χ2v) is 4.87. The van der Waals surface area contributed by atoms with E-state index in [1.807, 2.05) is 0 Å². The molecule has 2 aliphatic carbocycles. The summed E-state index contributed by atoms with van der Waals surface area (Å²) in [5.74, 6) is 0. The first-order valence-electron chi connectivity index (χ1n) is 5.50. The lowest BCUT2D eigenvalue weighted by atomic mass is 9.77. The molecule has 0 saturated heterocycles. The molecule has 1 spiro atoms. The van der Waals surface area contributed by atoms with E-state index in [-0.39, 0.29) is 11.5 Å². The zero-order valence-electron chi connectivity index (χ0n) is 8.59. The molecule has 0 heterocycles. The number of aliphatic hydroxyl groups is 1. The number of hydrogen-bond acceptors (Lipinski definition) is 1. The van der Waals surface area contributed by atoms with Crippen molar-refractivity contribution in [3.05, 3.63) is 34.9 Å². The maximum absolute atomic E-state index is 10.0. The molecule has 0 radical (unpaired) electrons. The summed E-state index contributed by atoms with van der Waals surface area (Å²) in [5, 5.41) is 10.0. The van der Waals surface area contributed by atoms with E-state index < -0.39 is 0 Å². The molecule has 1 nitrogen and oxygen atoms in total. The Morgan fingerprint density at radius 2 is 2.14 bits per heavy atom. The van der Waals surface area contributed by atoms with Gasteiger partial charge in [0.1, 0.15) is 0 Å². The van der Waals surface area contributed by atoms with Gasteiger partial charge in [-0.3, -0.25) is 0 Å². The number of rotatable bonds is 0. The fourth-order valence-electron chi connectivity index (χ4n) is 2.90. The Labute approximate surface area is 84.8 Å². The van der Waals surface area contributed by atoms with E-state index in [4.69, 9.17) is 0 Å². The quantitative estimate of drug-likeness (QED) is 0.662. The number of fused-ring (bicyclic) bond motifs is 2. The van der Waals surface area contributed by atoms with Crippen molar-refractivity contribution in [3.63, 3.8) is 0 Å². The molecule has 1 fully saturated rings. The van der Waals surface area contributed by atoms with Gasteiger partial charge in [-0.15, -0.1) is 0 Å². The third kappa shape index (κ3) is 0.992. The predicted molar refractivity (Wildman–Crippen MR) is 56.4 cm³/mol. The van der Waals surface area contributed by atoms with E-state index in [1.165, 1.54) is 29.5 Å². The first kappa shape index (κ1) is 8.49. The van der Waals surface area contributed by atoms with Crippen molar-refractivity contribution in [2.75, 3.05) is 0 Å². The van der Waals surface area contributed by atoms with Crippen LogP contribution in [0.1, 0.15) is 36.0 Å². The van der Waals surface area contributed by atoms with E-state index in [2.05, 4.69) is 25.1 Å². The predicted octanol–water partition coefficient (Wildman–Crippen LogP) is 2.33. The molecule has 0 amide bonds. The van der Waals surface area contributed by atoms with E-state index in [0.29, 0.717) is 0 Å². The molecule has 1 aromatic rings. The smallest absolute Gasteiger partial charge is 0.0640 e. The molecule has 0 bridgehead atoms. The van der Waals surface area contributed by atoms with Gasteiger partial charge >= 0.3 is 0 Å². The summed E-state index contributed by atoms with van der Waals surface area (Å²) < 4.78 is 0. The summed E-state index contributed by atoms with van der Waals surface area (Å²) in [4.78, 5) is 0. The molecule has 1 N–H and O–H groups in total. The molecule has 0 aromatic heterocycles. The zero-order chi connectivity index (χ0) is 9.76. The van der Waals surface area contributed by atoms with Crippen LogP contribution in [0, 0.1) is 6.92 Å². The SMILES string of the molecule is Cc1ccc2c(c1)CCC(O)C21CC1. The molecule has 2 aliphatic rings. The van der Waals surface area contributed by atoms with Crippen molar-refractivity contribution >= 4 is 0 Å². The maximum atomic E-state index is 10.0. The zero-order valence-corrected chi connectivity index (χ0v) is 8.59. The normalized spacial score (nSPS) is 27.4. The molecule has 1 atom stereocenters. The lowest BCUT2D eigenvalue weighted by Gasteiger charge is -2.30. The number of aryl methyl sites for hydroxylation is 2. The lowest BCUT2D eigenvalue weighted by molar-refractivity contribution is 0.114. The minimum absolute atomic E-state index is 0.0855. The highest BCUT2D eigenvalue weighted by Gasteiger charge is 2.52. The van der Waals surface area contributed by atoms with E-state index >= 15 is 0 Å². The third-order valence-electron chi connectivity index (χ3n) is 3.91. The highest BCUT2D eigenvalue weighted by molar-refractivity contribution is 5.44. The highest BCUT2D eigenvalue weighted by atomic mass is 16.3. The van der Waals surface area contributed by atoms with Gasteiger partial charge in [0.25, 0.3) is 0 Å². The monoisotopic (exact) mass is 188 g/mol. The first-order chi connectivity index (χ1) is 6.72. The van der Waals surface area contributed by atoms with Crippen molar-refractivity contribution in [1.29, 1.82) is 0 Å². The second-order valence-electron chi connectivity index (χ2n) is 4.87. The molecule has 1 unspecified atom stereocenters. The van der Waals surface area contributed by atoms with Crippen LogP contribution in [0.2, 0.25) is 0 Å². The Kier molecular flexibility index (Phi) is 1.58. The Balaban J connectivity index is 2.14. The largest absolute Gasteiger partial charge is 0.392 e. The standard InChI is InChI=1S/C13H16O/c1-9-2-4-11-10(8-9)3-5-12(14)13(11)6-7-13/h2,4,8,12,14H,3,5-7H2,1H3. The lowest BCUT2D eigenvalue weighted by Crippen LogP contribution is -2.31. The average molecular weight is 188 g/mol. The Hall–Kier alpha value is -0.820. The van der Waals surface area contributed by atoms with Gasteiger partial charge in [-0.2, -0.15) is 0 Å². The number of benzene rings is 1. The van der Waals surface area contributed by atoms with E-state index in [9.17, 15) is 5.11 Å². The molecule has 1 saturated carbocycles. The van der Waals surface area contributed by atoms with Gasteiger partial charge in [-0.05, 0) is 43.7 Å². The fourth-order valence-corrected chi connectivity index (χ4v) is 2.90. The summed E-state index contributed by atoms with van der Waals surface area (Å²) in [7, 11) is 0. The minimum atomic E-state index is -0.0855. The molecule has 74 valence electrons. The summed E-state index contributed by atoms with van der Waals surface area (Å²) >= 11 is 0. The van der Waals surface area contributed by atoms with Crippen LogP contribution in [-0.2, 0) is 11.8 Å². The van der Waals surface area contributed by atoms with Crippen LogP contribution in [0.3, 0.4) is 0 Å². The van der Waals surface area contributed by atoms with Crippen LogP contribution in [-0.4, -0.2) is 11.2 Å². The summed E-state index contributed by atoms with van der Waals surface area (Å²) in [6.07, 6.45) is 4.29. The molecular formula is C13H16O. The third-order valence-corrected chi connectivity index (χ3v) is 3.91. The van der Waals surface area contributed by atoms with Gasteiger partial charge in [-0.25, -0.2) is 0 Å². The molecule has 3 rings (SSSR count). The van der Waals surface area contributed by atoms with Crippen molar-refractivity contribution < 1.29 is 5.11 Å². The van der Waals surface area contributed by atoms with Crippen LogP contribution in [0.5, 0.6) is 0 Å². The molecular weight excluding hydrogens is 172 g/mol. The van der Waals surface area contributed by atoms with Crippen molar-refractivity contribution in [2.24, 2.45) is 0 Å². The van der Waals surface area contributed by atoms with Gasteiger partial charge in [-0.1, -0.05) is 23.8 Å². The van der Waals surface area contributed by atoms with Gasteiger partial charge in [0.05, 0.1) is 6.10 Å². The van der Waals surface area contributed by atoms with E-state index in [1.54, 1.807) is 0 Å².